The Morgan fingerprint density at radius 2 is 1.77 bits per heavy atom. The lowest BCUT2D eigenvalue weighted by molar-refractivity contribution is -0.119. The van der Waals surface area contributed by atoms with Crippen LogP contribution in [0.3, 0.4) is 0 Å². The van der Waals surface area contributed by atoms with Crippen LogP contribution in [-0.2, 0) is 27.1 Å². The average molecular weight is 321 g/mol. The number of carbonyl (C=O) groups excluding carboxylic acids is 1. The summed E-state index contributed by atoms with van der Waals surface area (Å²) >= 11 is 0. The number of hydrogen-bond acceptors (Lipinski definition) is 3. The fourth-order valence-electron chi connectivity index (χ4n) is 1.88. The molecule has 0 aliphatic carbocycles. The predicted octanol–water partition coefficient (Wildman–Crippen LogP) is 2.14. The van der Waals surface area contributed by atoms with Gasteiger partial charge in [0.2, 0.25) is 0 Å². The summed E-state index contributed by atoms with van der Waals surface area (Å²) in [5.41, 5.74) is 6.67. The SMILES string of the molecule is NC(=O)COc1cccc(CS(=O)Cc2ccc(F)cc2)c1. The highest BCUT2D eigenvalue weighted by molar-refractivity contribution is 7.83. The van der Waals surface area contributed by atoms with Crippen LogP contribution in [0.4, 0.5) is 4.39 Å². The van der Waals surface area contributed by atoms with Gasteiger partial charge in [0.1, 0.15) is 11.6 Å². The molecule has 0 bridgehead atoms. The zero-order valence-corrected chi connectivity index (χ0v) is 12.6. The molecule has 0 saturated carbocycles. The van der Waals surface area contributed by atoms with Gasteiger partial charge in [-0.1, -0.05) is 24.3 Å². The van der Waals surface area contributed by atoms with E-state index in [1.165, 1.54) is 12.1 Å². The van der Waals surface area contributed by atoms with E-state index in [0.717, 1.165) is 11.1 Å². The van der Waals surface area contributed by atoms with Gasteiger partial charge in [0.05, 0.1) is 0 Å². The van der Waals surface area contributed by atoms with Gasteiger partial charge in [0.15, 0.2) is 6.61 Å². The van der Waals surface area contributed by atoms with Crippen molar-refractivity contribution in [2.75, 3.05) is 6.61 Å². The lowest BCUT2D eigenvalue weighted by atomic mass is 10.2. The Labute approximate surface area is 130 Å². The summed E-state index contributed by atoms with van der Waals surface area (Å²) in [6.07, 6.45) is 0. The number of rotatable bonds is 7. The predicted molar refractivity (Wildman–Crippen MR) is 83.1 cm³/mol. The molecule has 0 aromatic heterocycles. The first kappa shape index (κ1) is 16.2. The maximum absolute atomic E-state index is 12.8. The molecule has 22 heavy (non-hydrogen) atoms. The van der Waals surface area contributed by atoms with Crippen LogP contribution in [0.5, 0.6) is 5.75 Å². The fourth-order valence-corrected chi connectivity index (χ4v) is 3.10. The lowest BCUT2D eigenvalue weighted by Crippen LogP contribution is -2.20. The van der Waals surface area contributed by atoms with Crippen molar-refractivity contribution < 1.29 is 18.1 Å². The van der Waals surface area contributed by atoms with Gasteiger partial charge in [0, 0.05) is 22.3 Å². The molecule has 1 amide bonds. The smallest absolute Gasteiger partial charge is 0.255 e. The summed E-state index contributed by atoms with van der Waals surface area (Å²) in [5, 5.41) is 0. The summed E-state index contributed by atoms with van der Waals surface area (Å²) in [4.78, 5) is 10.7. The molecule has 0 aliphatic rings. The molecule has 1 atom stereocenters. The van der Waals surface area contributed by atoms with E-state index in [1.807, 2.05) is 6.07 Å². The van der Waals surface area contributed by atoms with Crippen LogP contribution < -0.4 is 10.5 Å². The van der Waals surface area contributed by atoms with Crippen molar-refractivity contribution in [1.82, 2.24) is 0 Å². The molecule has 4 nitrogen and oxygen atoms in total. The van der Waals surface area contributed by atoms with Crippen molar-refractivity contribution in [2.24, 2.45) is 5.73 Å². The van der Waals surface area contributed by atoms with Gasteiger partial charge in [-0.2, -0.15) is 0 Å². The number of ether oxygens (including phenoxy) is 1. The molecule has 2 aromatic carbocycles. The highest BCUT2D eigenvalue weighted by Gasteiger charge is 2.06. The van der Waals surface area contributed by atoms with E-state index in [9.17, 15) is 13.4 Å². The summed E-state index contributed by atoms with van der Waals surface area (Å²) < 4.78 is 30.2. The monoisotopic (exact) mass is 321 g/mol. The number of benzene rings is 2. The van der Waals surface area contributed by atoms with Crippen LogP contribution in [0.15, 0.2) is 48.5 Å². The normalized spacial score (nSPS) is 11.9. The first-order valence-electron chi connectivity index (χ1n) is 6.62. The molecule has 0 saturated heterocycles. The summed E-state index contributed by atoms with van der Waals surface area (Å²) in [5.74, 6) is 0.354. The van der Waals surface area contributed by atoms with Crippen LogP contribution >= 0.6 is 0 Å². The number of halogens is 1. The Bertz CT molecular complexity index is 673. The van der Waals surface area contributed by atoms with Crippen molar-refractivity contribution >= 4 is 16.7 Å². The van der Waals surface area contributed by atoms with Crippen LogP contribution in [-0.4, -0.2) is 16.7 Å². The van der Waals surface area contributed by atoms with E-state index in [-0.39, 0.29) is 12.4 Å². The topological polar surface area (TPSA) is 69.4 Å². The minimum atomic E-state index is -1.12. The Balaban J connectivity index is 1.94. The Kier molecular flexibility index (Phi) is 5.66. The van der Waals surface area contributed by atoms with Crippen LogP contribution in [0, 0.1) is 5.82 Å². The maximum Gasteiger partial charge on any atom is 0.255 e. The molecular weight excluding hydrogens is 305 g/mol. The summed E-state index contributed by atoms with van der Waals surface area (Å²) in [6, 6.07) is 13.0. The van der Waals surface area contributed by atoms with Gasteiger partial charge >= 0.3 is 0 Å². The van der Waals surface area contributed by atoms with Gasteiger partial charge in [-0.15, -0.1) is 0 Å². The summed E-state index contributed by atoms with van der Waals surface area (Å²) in [6.45, 7) is -0.192. The van der Waals surface area contributed by atoms with Crippen molar-refractivity contribution in [3.05, 3.63) is 65.5 Å². The van der Waals surface area contributed by atoms with Crippen molar-refractivity contribution in [1.29, 1.82) is 0 Å². The minimum absolute atomic E-state index is 0.192. The molecule has 2 aromatic rings. The van der Waals surface area contributed by atoms with Crippen LogP contribution in [0.1, 0.15) is 11.1 Å². The maximum atomic E-state index is 12.8. The number of carbonyl (C=O) groups is 1. The van der Waals surface area contributed by atoms with E-state index in [0.29, 0.717) is 17.3 Å². The molecule has 0 radical (unpaired) electrons. The van der Waals surface area contributed by atoms with Gasteiger partial charge < -0.3 is 10.5 Å². The second kappa shape index (κ2) is 7.70. The van der Waals surface area contributed by atoms with E-state index in [1.54, 1.807) is 30.3 Å². The van der Waals surface area contributed by atoms with Crippen molar-refractivity contribution in [2.45, 2.75) is 11.5 Å². The first-order valence-corrected chi connectivity index (χ1v) is 8.11. The molecule has 0 heterocycles. The van der Waals surface area contributed by atoms with Crippen molar-refractivity contribution in [3.8, 4) is 5.75 Å². The van der Waals surface area contributed by atoms with E-state index in [4.69, 9.17) is 10.5 Å². The molecule has 1 unspecified atom stereocenters. The quantitative estimate of drug-likeness (QED) is 0.849. The average Bonchev–Trinajstić information content (AvgIpc) is 2.48. The van der Waals surface area contributed by atoms with Crippen molar-refractivity contribution in [3.63, 3.8) is 0 Å². The minimum Gasteiger partial charge on any atom is -0.484 e. The van der Waals surface area contributed by atoms with Gasteiger partial charge in [0.25, 0.3) is 5.91 Å². The molecule has 116 valence electrons. The highest BCUT2D eigenvalue weighted by atomic mass is 32.2. The van der Waals surface area contributed by atoms with Gasteiger partial charge in [-0.25, -0.2) is 4.39 Å². The number of hydrogen-bond donors (Lipinski definition) is 1. The molecule has 2 rings (SSSR count). The van der Waals surface area contributed by atoms with Gasteiger partial charge in [-0.3, -0.25) is 9.00 Å². The second-order valence-electron chi connectivity index (χ2n) is 4.76. The first-order chi connectivity index (χ1) is 10.5. The standard InChI is InChI=1S/C16H16FNO3S/c17-14-6-4-12(5-7-14)10-22(20)11-13-2-1-3-15(8-13)21-9-16(18)19/h1-8H,9-11H2,(H2,18,19). The number of amides is 1. The molecule has 0 spiro atoms. The number of nitrogens with two attached hydrogens (primary N) is 1. The van der Waals surface area contributed by atoms with E-state index in [2.05, 4.69) is 0 Å². The molecule has 0 aliphatic heterocycles. The zero-order chi connectivity index (χ0) is 15.9. The Morgan fingerprint density at radius 3 is 2.45 bits per heavy atom. The van der Waals surface area contributed by atoms with Crippen LogP contribution in [0.25, 0.3) is 0 Å². The van der Waals surface area contributed by atoms with E-state index < -0.39 is 16.7 Å². The Hall–Kier alpha value is -2.21. The molecule has 0 fully saturated rings. The van der Waals surface area contributed by atoms with Crippen LogP contribution in [0.2, 0.25) is 0 Å². The lowest BCUT2D eigenvalue weighted by Gasteiger charge is -2.07. The second-order valence-corrected chi connectivity index (χ2v) is 6.21. The zero-order valence-electron chi connectivity index (χ0n) is 11.8. The summed E-state index contributed by atoms with van der Waals surface area (Å²) in [7, 11) is -1.12. The third-order valence-corrected chi connectivity index (χ3v) is 4.16. The molecule has 6 heteroatoms. The molecular formula is C16H16FNO3S. The highest BCUT2D eigenvalue weighted by Crippen LogP contribution is 2.16. The fraction of sp³-hybridized carbons (Fsp3) is 0.188. The molecule has 2 N–H and O–H groups in total. The third kappa shape index (κ3) is 5.29. The largest absolute Gasteiger partial charge is 0.484 e. The van der Waals surface area contributed by atoms with E-state index >= 15 is 0 Å². The Morgan fingerprint density at radius 1 is 1.09 bits per heavy atom. The third-order valence-electron chi connectivity index (χ3n) is 2.85. The van der Waals surface area contributed by atoms with Gasteiger partial charge in [-0.05, 0) is 35.4 Å². The number of primary amides is 1.